The highest BCUT2D eigenvalue weighted by Crippen LogP contribution is 2.29. The molecule has 1 aliphatic heterocycles. The molecule has 1 aliphatic rings. The van der Waals surface area contributed by atoms with Gasteiger partial charge in [0.2, 0.25) is 10.0 Å². The summed E-state index contributed by atoms with van der Waals surface area (Å²) < 4.78 is 80.2. The second-order valence-electron chi connectivity index (χ2n) is 6.87. The number of benzene rings is 2. The van der Waals surface area contributed by atoms with Crippen molar-refractivity contribution in [3.05, 3.63) is 53.3 Å². The summed E-state index contributed by atoms with van der Waals surface area (Å²) in [6, 6.07) is 8.33. The van der Waals surface area contributed by atoms with E-state index < -0.39 is 25.7 Å². The van der Waals surface area contributed by atoms with Crippen molar-refractivity contribution < 1.29 is 35.4 Å². The van der Waals surface area contributed by atoms with E-state index >= 15 is 0 Å². The molecule has 2 aromatic rings. The molecule has 11 heteroatoms. The summed E-state index contributed by atoms with van der Waals surface area (Å²) in [7, 11) is -6.92. The second-order valence-corrected chi connectivity index (χ2v) is 11.1. The van der Waals surface area contributed by atoms with E-state index in [0.29, 0.717) is 22.6 Å². The van der Waals surface area contributed by atoms with Crippen molar-refractivity contribution >= 4 is 19.9 Å². The molecule has 0 fully saturated rings. The molecule has 8 nitrogen and oxygen atoms in total. The van der Waals surface area contributed by atoms with Crippen LogP contribution in [0, 0.1) is 5.82 Å². The lowest BCUT2D eigenvalue weighted by Gasteiger charge is -2.21. The first-order valence-corrected chi connectivity index (χ1v) is 13.0. The molecule has 2 aromatic carbocycles. The lowest BCUT2D eigenvalue weighted by molar-refractivity contribution is -0.0172. The molecule has 0 aliphatic carbocycles. The van der Waals surface area contributed by atoms with Gasteiger partial charge in [-0.05, 0) is 48.4 Å². The van der Waals surface area contributed by atoms with Crippen LogP contribution in [0.15, 0.2) is 41.3 Å². The van der Waals surface area contributed by atoms with E-state index in [1.54, 1.807) is 6.92 Å². The molecular weight excluding hydrogens is 449 g/mol. The lowest BCUT2D eigenvalue weighted by atomic mass is 10.1. The molecule has 0 radical (unpaired) electrons. The Morgan fingerprint density at radius 1 is 1.13 bits per heavy atom. The third-order valence-corrected chi connectivity index (χ3v) is 7.82. The third kappa shape index (κ3) is 6.39. The smallest absolute Gasteiger partial charge is 0.240 e. The topological polar surface area (TPSA) is 108 Å². The highest BCUT2D eigenvalue weighted by molar-refractivity contribution is 7.91. The van der Waals surface area contributed by atoms with Crippen LogP contribution >= 0.6 is 0 Å². The summed E-state index contributed by atoms with van der Waals surface area (Å²) in [5, 5.41) is 0. The average molecular weight is 474 g/mol. The molecule has 1 N–H and O–H groups in total. The molecule has 0 atom stereocenters. The van der Waals surface area contributed by atoms with Gasteiger partial charge in [0.25, 0.3) is 0 Å². The molecule has 0 unspecified atom stereocenters. The van der Waals surface area contributed by atoms with Gasteiger partial charge < -0.3 is 14.2 Å². The Labute approximate surface area is 181 Å². The van der Waals surface area contributed by atoms with E-state index in [-0.39, 0.29) is 49.4 Å². The molecule has 3 rings (SSSR count). The number of halogens is 1. The van der Waals surface area contributed by atoms with Crippen LogP contribution in [0.1, 0.15) is 18.1 Å². The van der Waals surface area contributed by atoms with Gasteiger partial charge >= 0.3 is 0 Å². The fourth-order valence-corrected chi connectivity index (χ4v) is 4.65. The first kappa shape index (κ1) is 23.5. The monoisotopic (exact) mass is 473 g/mol. The number of fused-ring (bicyclic) bond motifs is 1. The maximum atomic E-state index is 13.8. The molecule has 1 heterocycles. The number of sulfonamides is 1. The van der Waals surface area contributed by atoms with Gasteiger partial charge in [-0.15, -0.1) is 0 Å². The van der Waals surface area contributed by atoms with E-state index in [0.717, 1.165) is 0 Å². The summed E-state index contributed by atoms with van der Waals surface area (Å²) in [6.45, 7) is 1.91. The van der Waals surface area contributed by atoms with Gasteiger partial charge in [0.15, 0.2) is 16.6 Å². The van der Waals surface area contributed by atoms with Crippen LogP contribution in [0.25, 0.3) is 0 Å². The van der Waals surface area contributed by atoms with Crippen molar-refractivity contribution in [1.29, 1.82) is 0 Å². The Hall–Kier alpha value is -2.21. The maximum absolute atomic E-state index is 13.8. The van der Waals surface area contributed by atoms with Crippen LogP contribution < -0.4 is 14.2 Å². The third-order valence-electron chi connectivity index (χ3n) is 4.68. The van der Waals surface area contributed by atoms with Crippen LogP contribution in [0.3, 0.4) is 0 Å². The molecule has 0 spiro atoms. The molecule has 0 bridgehead atoms. The van der Waals surface area contributed by atoms with Gasteiger partial charge in [-0.2, -0.15) is 0 Å². The van der Waals surface area contributed by atoms with Crippen LogP contribution in [0.5, 0.6) is 11.5 Å². The minimum atomic E-state index is -3.79. The van der Waals surface area contributed by atoms with Gasteiger partial charge in [-0.3, -0.25) is 0 Å². The van der Waals surface area contributed by atoms with E-state index in [9.17, 15) is 21.2 Å². The SMILES string of the molecule is CCS(=O)(=O)CCOc1ccc(S(=O)(=O)NCCc2cc(F)cc3c2OCOC3)cc1. The number of sulfone groups is 1. The lowest BCUT2D eigenvalue weighted by Crippen LogP contribution is -2.26. The number of rotatable bonds is 10. The van der Waals surface area contributed by atoms with Gasteiger partial charge in [-0.25, -0.2) is 25.9 Å². The summed E-state index contributed by atoms with van der Waals surface area (Å²) >= 11 is 0. The second kappa shape index (κ2) is 9.94. The Balaban J connectivity index is 1.57. The van der Waals surface area contributed by atoms with Crippen molar-refractivity contribution in [2.45, 2.75) is 24.8 Å². The van der Waals surface area contributed by atoms with Gasteiger partial charge in [-0.1, -0.05) is 6.92 Å². The van der Waals surface area contributed by atoms with Gasteiger partial charge in [0, 0.05) is 17.9 Å². The van der Waals surface area contributed by atoms with Gasteiger partial charge in [0.1, 0.15) is 23.9 Å². The Bertz CT molecular complexity index is 1120. The molecule has 0 saturated carbocycles. The molecule has 0 amide bonds. The standard InChI is InChI=1S/C20H24FNO7S2/c1-2-30(23,24)10-9-28-18-3-5-19(6-4-18)31(25,26)22-8-7-15-11-17(21)12-16-13-27-14-29-20(15)16/h3-6,11-12,22H,2,7-10,13-14H2,1H3. The quantitative estimate of drug-likeness (QED) is 0.562. The van der Waals surface area contributed by atoms with Gasteiger partial charge in [0.05, 0.1) is 17.3 Å². The minimum Gasteiger partial charge on any atom is -0.493 e. The molecular formula is C20H24FNO7S2. The number of hydrogen-bond donors (Lipinski definition) is 1. The maximum Gasteiger partial charge on any atom is 0.240 e. The Kier molecular flexibility index (Phi) is 7.52. The molecule has 0 aromatic heterocycles. The Morgan fingerprint density at radius 3 is 2.58 bits per heavy atom. The van der Waals surface area contributed by atoms with Crippen molar-refractivity contribution in [2.24, 2.45) is 0 Å². The normalized spacial score (nSPS) is 14.0. The zero-order valence-electron chi connectivity index (χ0n) is 17.0. The number of hydrogen-bond acceptors (Lipinski definition) is 7. The largest absolute Gasteiger partial charge is 0.493 e. The first-order valence-electron chi connectivity index (χ1n) is 9.65. The predicted octanol–water partition coefficient (Wildman–Crippen LogP) is 2.03. The summed E-state index contributed by atoms with van der Waals surface area (Å²) in [4.78, 5) is 0.0342. The van der Waals surface area contributed by atoms with Crippen molar-refractivity contribution in [3.63, 3.8) is 0 Å². The van der Waals surface area contributed by atoms with Crippen LogP contribution in [0.2, 0.25) is 0 Å². The highest BCUT2D eigenvalue weighted by Gasteiger charge is 2.18. The molecule has 0 saturated heterocycles. The average Bonchev–Trinajstić information content (AvgIpc) is 2.74. The van der Waals surface area contributed by atoms with E-state index in [1.165, 1.54) is 36.4 Å². The zero-order valence-corrected chi connectivity index (χ0v) is 18.6. The van der Waals surface area contributed by atoms with Crippen molar-refractivity contribution in [2.75, 3.05) is 31.5 Å². The predicted molar refractivity (Wildman–Crippen MR) is 112 cm³/mol. The van der Waals surface area contributed by atoms with Crippen LogP contribution in [0.4, 0.5) is 4.39 Å². The first-order chi connectivity index (χ1) is 14.7. The fraction of sp³-hybridized carbons (Fsp3) is 0.400. The number of nitrogens with one attached hydrogen (secondary N) is 1. The number of ether oxygens (including phenoxy) is 3. The summed E-state index contributed by atoms with van der Waals surface area (Å²) in [6.07, 6.45) is 0.242. The summed E-state index contributed by atoms with van der Waals surface area (Å²) in [5.41, 5.74) is 1.15. The van der Waals surface area contributed by atoms with Crippen molar-refractivity contribution in [1.82, 2.24) is 4.72 Å². The highest BCUT2D eigenvalue weighted by atomic mass is 32.2. The molecule has 31 heavy (non-hydrogen) atoms. The minimum absolute atomic E-state index is 0.00835. The van der Waals surface area contributed by atoms with Crippen LogP contribution in [-0.2, 0) is 37.6 Å². The van der Waals surface area contributed by atoms with Crippen molar-refractivity contribution in [3.8, 4) is 11.5 Å². The van der Waals surface area contributed by atoms with E-state index in [2.05, 4.69) is 4.72 Å². The summed E-state index contributed by atoms with van der Waals surface area (Å²) in [5.74, 6) is 0.393. The molecule has 170 valence electrons. The van der Waals surface area contributed by atoms with E-state index in [1.807, 2.05) is 0 Å². The fourth-order valence-electron chi connectivity index (χ4n) is 2.99. The van der Waals surface area contributed by atoms with E-state index in [4.69, 9.17) is 14.2 Å². The zero-order chi connectivity index (χ0) is 22.5. The van der Waals surface area contributed by atoms with Crippen LogP contribution in [-0.4, -0.2) is 48.3 Å². The Morgan fingerprint density at radius 2 is 1.87 bits per heavy atom.